The summed E-state index contributed by atoms with van der Waals surface area (Å²) in [5.41, 5.74) is 2.57. The van der Waals surface area contributed by atoms with Crippen LogP contribution in [-0.2, 0) is 6.54 Å². The number of hydrogen-bond donors (Lipinski definition) is 1. The van der Waals surface area contributed by atoms with Gasteiger partial charge < -0.3 is 14.5 Å². The molecule has 6 nitrogen and oxygen atoms in total. The molecular weight excluding hydrogens is 316 g/mol. The third-order valence-corrected chi connectivity index (χ3v) is 4.43. The molecule has 0 unspecified atom stereocenters. The quantitative estimate of drug-likeness (QED) is 0.776. The highest BCUT2D eigenvalue weighted by atomic mass is 35.5. The molecule has 0 amide bonds. The normalized spacial score (nSPS) is 14.4. The number of nitrogens with one attached hydrogen (secondary N) is 1. The summed E-state index contributed by atoms with van der Waals surface area (Å²) in [5, 5.41) is 4.92. The zero-order valence-corrected chi connectivity index (χ0v) is 13.7. The maximum absolute atomic E-state index is 6.25. The summed E-state index contributed by atoms with van der Waals surface area (Å²) in [6.45, 7) is 0.925. The van der Waals surface area contributed by atoms with E-state index in [0.717, 1.165) is 29.2 Å². The van der Waals surface area contributed by atoms with Crippen molar-refractivity contribution in [1.82, 2.24) is 19.7 Å². The Kier molecular flexibility index (Phi) is 3.41. The van der Waals surface area contributed by atoms with Gasteiger partial charge in [-0.2, -0.15) is 5.10 Å². The van der Waals surface area contributed by atoms with Gasteiger partial charge in [0.15, 0.2) is 5.65 Å². The zero-order chi connectivity index (χ0) is 16.0. The highest BCUT2D eigenvalue weighted by Gasteiger charge is 2.24. The third kappa shape index (κ3) is 2.53. The van der Waals surface area contributed by atoms with Crippen LogP contribution in [0.3, 0.4) is 0 Å². The molecule has 1 aliphatic rings. The molecule has 3 aromatic rings. The summed E-state index contributed by atoms with van der Waals surface area (Å²) in [7, 11) is 3.19. The molecule has 0 aliphatic heterocycles. The van der Waals surface area contributed by atoms with E-state index in [1.54, 1.807) is 26.4 Å². The van der Waals surface area contributed by atoms with Gasteiger partial charge >= 0.3 is 0 Å². The first-order valence-electron chi connectivity index (χ1n) is 7.53. The Hall–Kier alpha value is -2.21. The van der Waals surface area contributed by atoms with Gasteiger partial charge in [0.1, 0.15) is 22.8 Å². The first-order chi connectivity index (χ1) is 11.2. The standard InChI is InChI=1S/C16H17ClN4O2/c1-22-13-6-14(23-2)11(17)5-10(13)15-19-12-7-18-21(16(12)20-15)8-9-3-4-9/h5-7,9H,3-4,8H2,1-2H3,(H,19,20). The number of ether oxygens (including phenoxy) is 2. The Labute approximate surface area is 138 Å². The lowest BCUT2D eigenvalue weighted by Crippen LogP contribution is -2.01. The molecule has 120 valence electrons. The van der Waals surface area contributed by atoms with Crippen LogP contribution in [0.4, 0.5) is 0 Å². The molecule has 1 fully saturated rings. The molecule has 1 aromatic carbocycles. The van der Waals surface area contributed by atoms with Crippen LogP contribution in [0.15, 0.2) is 18.3 Å². The van der Waals surface area contributed by atoms with E-state index < -0.39 is 0 Å². The predicted molar refractivity (Wildman–Crippen MR) is 88.2 cm³/mol. The lowest BCUT2D eigenvalue weighted by Gasteiger charge is -2.10. The van der Waals surface area contributed by atoms with Crippen LogP contribution in [0.2, 0.25) is 5.02 Å². The van der Waals surface area contributed by atoms with Gasteiger partial charge in [0, 0.05) is 12.6 Å². The minimum Gasteiger partial charge on any atom is -0.496 e. The number of imidazole rings is 1. The van der Waals surface area contributed by atoms with Crippen LogP contribution in [0.25, 0.3) is 22.6 Å². The summed E-state index contributed by atoms with van der Waals surface area (Å²) in [4.78, 5) is 7.99. The largest absolute Gasteiger partial charge is 0.496 e. The van der Waals surface area contributed by atoms with Crippen LogP contribution in [0, 0.1) is 5.92 Å². The van der Waals surface area contributed by atoms with Crippen molar-refractivity contribution >= 4 is 22.8 Å². The van der Waals surface area contributed by atoms with E-state index >= 15 is 0 Å². The Balaban J connectivity index is 1.79. The van der Waals surface area contributed by atoms with Gasteiger partial charge in [0.25, 0.3) is 0 Å². The first kappa shape index (κ1) is 14.4. The summed E-state index contributed by atoms with van der Waals surface area (Å²) >= 11 is 6.25. The Morgan fingerprint density at radius 2 is 2.04 bits per heavy atom. The monoisotopic (exact) mass is 332 g/mol. The van der Waals surface area contributed by atoms with Crippen molar-refractivity contribution in [2.75, 3.05) is 14.2 Å². The van der Waals surface area contributed by atoms with Gasteiger partial charge in [-0.05, 0) is 24.8 Å². The predicted octanol–water partition coefficient (Wildman–Crippen LogP) is 3.51. The summed E-state index contributed by atoms with van der Waals surface area (Å²) in [5.74, 6) is 2.68. The van der Waals surface area contributed by atoms with E-state index in [1.807, 2.05) is 10.9 Å². The van der Waals surface area contributed by atoms with E-state index in [4.69, 9.17) is 26.1 Å². The van der Waals surface area contributed by atoms with Crippen molar-refractivity contribution < 1.29 is 9.47 Å². The van der Waals surface area contributed by atoms with Crippen molar-refractivity contribution in [3.63, 3.8) is 0 Å². The third-order valence-electron chi connectivity index (χ3n) is 4.14. The van der Waals surface area contributed by atoms with E-state index in [0.29, 0.717) is 22.3 Å². The summed E-state index contributed by atoms with van der Waals surface area (Å²) in [6, 6.07) is 3.57. The van der Waals surface area contributed by atoms with Gasteiger partial charge in [-0.3, -0.25) is 0 Å². The number of hydrogen-bond acceptors (Lipinski definition) is 4. The Morgan fingerprint density at radius 3 is 2.74 bits per heavy atom. The first-order valence-corrected chi connectivity index (χ1v) is 7.91. The maximum atomic E-state index is 6.25. The molecule has 4 rings (SSSR count). The van der Waals surface area contributed by atoms with Crippen LogP contribution < -0.4 is 9.47 Å². The fourth-order valence-corrected chi connectivity index (χ4v) is 2.94. The minimum absolute atomic E-state index is 0.517. The number of aromatic nitrogens is 4. The number of benzene rings is 1. The summed E-state index contributed by atoms with van der Waals surface area (Å²) in [6.07, 6.45) is 4.37. The second-order valence-corrected chi connectivity index (χ2v) is 6.19. The van der Waals surface area contributed by atoms with Crippen LogP contribution >= 0.6 is 11.6 Å². The maximum Gasteiger partial charge on any atom is 0.176 e. The number of rotatable bonds is 5. The number of halogens is 1. The SMILES string of the molecule is COc1cc(OC)c(-c2nc3c(cnn3CC3CC3)[nH]2)cc1Cl. The van der Waals surface area contributed by atoms with E-state index in [-0.39, 0.29) is 0 Å². The highest BCUT2D eigenvalue weighted by molar-refractivity contribution is 6.32. The second kappa shape index (κ2) is 5.45. The second-order valence-electron chi connectivity index (χ2n) is 5.78. The fraction of sp³-hybridized carbons (Fsp3) is 0.375. The van der Waals surface area contributed by atoms with Gasteiger partial charge in [0.2, 0.25) is 0 Å². The molecule has 2 aromatic heterocycles. The Morgan fingerprint density at radius 1 is 1.26 bits per heavy atom. The molecular formula is C16H17ClN4O2. The highest BCUT2D eigenvalue weighted by Crippen LogP contribution is 2.38. The molecule has 23 heavy (non-hydrogen) atoms. The molecule has 0 bridgehead atoms. The molecule has 0 radical (unpaired) electrons. The average molecular weight is 333 g/mol. The molecule has 1 saturated carbocycles. The van der Waals surface area contributed by atoms with Gasteiger partial charge in [0.05, 0.1) is 31.0 Å². The molecule has 0 atom stereocenters. The van der Waals surface area contributed by atoms with E-state index in [2.05, 4.69) is 10.1 Å². The number of nitrogens with zero attached hydrogens (tertiary/aromatic N) is 3. The lowest BCUT2D eigenvalue weighted by atomic mass is 10.2. The molecule has 1 N–H and O–H groups in total. The molecule has 0 spiro atoms. The number of methoxy groups -OCH3 is 2. The summed E-state index contributed by atoms with van der Waals surface area (Å²) < 4.78 is 12.7. The smallest absolute Gasteiger partial charge is 0.176 e. The number of fused-ring (bicyclic) bond motifs is 1. The van der Waals surface area contributed by atoms with E-state index in [9.17, 15) is 0 Å². The fourth-order valence-electron chi connectivity index (χ4n) is 2.70. The van der Waals surface area contributed by atoms with Crippen molar-refractivity contribution in [3.8, 4) is 22.9 Å². The molecule has 7 heteroatoms. The van der Waals surface area contributed by atoms with Crippen molar-refractivity contribution in [1.29, 1.82) is 0 Å². The van der Waals surface area contributed by atoms with Crippen LogP contribution in [0.5, 0.6) is 11.5 Å². The Bertz CT molecular complexity index is 866. The van der Waals surface area contributed by atoms with Crippen molar-refractivity contribution in [2.45, 2.75) is 19.4 Å². The van der Waals surface area contributed by atoms with Gasteiger partial charge in [-0.15, -0.1) is 0 Å². The molecule has 1 aliphatic carbocycles. The molecule has 0 saturated heterocycles. The number of H-pyrrole nitrogens is 1. The van der Waals surface area contributed by atoms with Gasteiger partial charge in [-0.25, -0.2) is 9.67 Å². The lowest BCUT2D eigenvalue weighted by molar-refractivity contribution is 0.395. The minimum atomic E-state index is 0.517. The average Bonchev–Trinajstić information content (AvgIpc) is 3.15. The topological polar surface area (TPSA) is 65.0 Å². The zero-order valence-electron chi connectivity index (χ0n) is 13.0. The van der Waals surface area contributed by atoms with Crippen molar-refractivity contribution in [2.24, 2.45) is 5.92 Å². The van der Waals surface area contributed by atoms with Gasteiger partial charge in [-0.1, -0.05) is 11.6 Å². The van der Waals surface area contributed by atoms with Crippen LogP contribution in [-0.4, -0.2) is 34.0 Å². The number of aromatic amines is 1. The van der Waals surface area contributed by atoms with E-state index in [1.165, 1.54) is 12.8 Å². The van der Waals surface area contributed by atoms with Crippen LogP contribution in [0.1, 0.15) is 12.8 Å². The van der Waals surface area contributed by atoms with Crippen molar-refractivity contribution in [3.05, 3.63) is 23.4 Å². The molecule has 2 heterocycles.